The normalized spacial score (nSPS) is 12.4. The van der Waals surface area contributed by atoms with Crippen molar-refractivity contribution < 1.29 is 34.4 Å². The number of aliphatic hydroxyl groups is 1. The number of fused-ring (bicyclic) bond motifs is 3. The summed E-state index contributed by atoms with van der Waals surface area (Å²) >= 11 is 0. The fourth-order valence-corrected chi connectivity index (χ4v) is 6.30. The van der Waals surface area contributed by atoms with Crippen LogP contribution in [0.3, 0.4) is 0 Å². The first-order valence-corrected chi connectivity index (χ1v) is 16.7. The number of pyridine rings is 1. The molecule has 0 aliphatic rings. The molecule has 0 fully saturated rings. The topological polar surface area (TPSA) is 68.3 Å². The Morgan fingerprint density at radius 3 is 2.15 bits per heavy atom. The van der Waals surface area contributed by atoms with Crippen molar-refractivity contribution in [3.8, 4) is 5.69 Å². The van der Waals surface area contributed by atoms with Crippen LogP contribution in [0.1, 0.15) is 67.2 Å². The number of rotatable bonds is 8. The molecular formula is C42H43IrN2O3-. The van der Waals surface area contributed by atoms with E-state index in [1.165, 1.54) is 6.08 Å². The maximum Gasteiger partial charge on any atom is 0.164 e. The standard InChI is InChI=1S/C27H15N2O.C15H28O2.Ir/c1-2-9-19(10-3-1)29-21-11-6-12-23-25(21)26-24(30-23)13-14-28-27(26)20-15-17-7-4-5-8-18(17)16-22(20)29;1-7-14(5,8-2)12(16)11-13(17)15(6,9-3)10-4;/h1-14,16H;11,16H,7-10H2,1-6H3;/q-1;;/b;12-11-;. The first-order valence-electron chi connectivity index (χ1n) is 16.7. The predicted molar refractivity (Wildman–Crippen MR) is 195 cm³/mol. The molecule has 7 rings (SSSR count). The van der Waals surface area contributed by atoms with Gasteiger partial charge in [-0.1, -0.05) is 101 Å². The molecule has 0 saturated carbocycles. The second-order valence-corrected chi connectivity index (χ2v) is 13.0. The van der Waals surface area contributed by atoms with Gasteiger partial charge in [0.1, 0.15) is 16.9 Å². The molecular weight excluding hydrogens is 773 g/mol. The molecule has 0 atom stereocenters. The van der Waals surface area contributed by atoms with Crippen molar-refractivity contribution in [3.05, 3.63) is 109 Å². The fraction of sp³-hybridized carbons (Fsp3) is 0.286. The van der Waals surface area contributed by atoms with E-state index in [0.29, 0.717) is 0 Å². The monoisotopic (exact) mass is 816 g/mol. The number of aromatic nitrogens is 2. The Bertz CT molecular complexity index is 2250. The molecule has 48 heavy (non-hydrogen) atoms. The molecule has 3 aromatic heterocycles. The van der Waals surface area contributed by atoms with Gasteiger partial charge in [0, 0.05) is 65.2 Å². The number of allylic oxidation sites excluding steroid dienone is 2. The van der Waals surface area contributed by atoms with E-state index in [0.717, 1.165) is 86.0 Å². The SMILES string of the molecule is CCC(C)(CC)C(=O)/C=C(\O)C(C)(CC)CC.[Ir].[c-]1c2ccccc2cc2c1c1nccc3oc4cccc(c4c31)n2-c1ccccc1. The number of hydrogen-bond acceptors (Lipinski definition) is 4. The zero-order valence-electron chi connectivity index (χ0n) is 28.6. The molecule has 0 aliphatic carbocycles. The number of carbonyl (C=O) groups excluding carboxylic acids is 1. The number of aliphatic hydroxyl groups excluding tert-OH is 1. The molecule has 249 valence electrons. The molecule has 7 aromatic rings. The average Bonchev–Trinajstić information content (AvgIpc) is 3.45. The summed E-state index contributed by atoms with van der Waals surface area (Å²) in [6.07, 6.45) is 6.58. The predicted octanol–water partition coefficient (Wildman–Crippen LogP) is 11.7. The van der Waals surface area contributed by atoms with Crippen LogP contribution in [-0.4, -0.2) is 20.4 Å². The minimum atomic E-state index is -0.337. The van der Waals surface area contributed by atoms with Gasteiger partial charge in [-0.25, -0.2) is 0 Å². The van der Waals surface area contributed by atoms with Crippen LogP contribution in [-0.2, 0) is 24.9 Å². The summed E-state index contributed by atoms with van der Waals surface area (Å²) in [5.41, 5.74) is 5.29. The van der Waals surface area contributed by atoms with E-state index < -0.39 is 0 Å². The molecule has 6 heteroatoms. The molecule has 0 bridgehead atoms. The van der Waals surface area contributed by atoms with Crippen molar-refractivity contribution in [2.45, 2.75) is 67.2 Å². The van der Waals surface area contributed by atoms with Gasteiger partial charge in [-0.15, -0.1) is 17.5 Å². The Labute approximate surface area is 296 Å². The third-order valence-corrected chi connectivity index (χ3v) is 10.5. The second kappa shape index (κ2) is 14.1. The summed E-state index contributed by atoms with van der Waals surface area (Å²) in [6.45, 7) is 12.1. The zero-order chi connectivity index (χ0) is 33.3. The number of ketones is 1. The van der Waals surface area contributed by atoms with Crippen molar-refractivity contribution in [1.29, 1.82) is 0 Å². The van der Waals surface area contributed by atoms with Crippen LogP contribution >= 0.6 is 0 Å². The van der Waals surface area contributed by atoms with E-state index in [4.69, 9.17) is 9.40 Å². The zero-order valence-corrected chi connectivity index (χ0v) is 31.0. The second-order valence-electron chi connectivity index (χ2n) is 13.0. The summed E-state index contributed by atoms with van der Waals surface area (Å²) in [5.74, 6) is 0.286. The van der Waals surface area contributed by atoms with Gasteiger partial charge in [-0.05, 0) is 61.5 Å². The Morgan fingerprint density at radius 1 is 0.812 bits per heavy atom. The van der Waals surface area contributed by atoms with Crippen molar-refractivity contribution in [1.82, 2.24) is 9.55 Å². The van der Waals surface area contributed by atoms with Crippen LogP contribution in [0.15, 0.2) is 107 Å². The Kier molecular flexibility index (Phi) is 10.3. The van der Waals surface area contributed by atoms with Crippen molar-refractivity contribution in [3.63, 3.8) is 0 Å². The van der Waals surface area contributed by atoms with Gasteiger partial charge >= 0.3 is 0 Å². The first-order chi connectivity index (χ1) is 22.7. The van der Waals surface area contributed by atoms with Gasteiger partial charge < -0.3 is 14.1 Å². The number of para-hydroxylation sites is 1. The van der Waals surface area contributed by atoms with Gasteiger partial charge in [0.2, 0.25) is 0 Å². The van der Waals surface area contributed by atoms with Gasteiger partial charge in [-0.3, -0.25) is 9.78 Å². The molecule has 0 amide bonds. The minimum Gasteiger partial charge on any atom is -0.512 e. The van der Waals surface area contributed by atoms with E-state index in [-0.39, 0.29) is 42.5 Å². The summed E-state index contributed by atoms with van der Waals surface area (Å²) in [5, 5.41) is 15.5. The maximum absolute atomic E-state index is 12.2. The fourth-order valence-electron chi connectivity index (χ4n) is 6.30. The van der Waals surface area contributed by atoms with Crippen LogP contribution in [0.25, 0.3) is 60.3 Å². The molecule has 1 N–H and O–H groups in total. The molecule has 3 heterocycles. The largest absolute Gasteiger partial charge is 0.512 e. The van der Waals surface area contributed by atoms with E-state index in [9.17, 15) is 9.90 Å². The Hall–Kier alpha value is -4.25. The van der Waals surface area contributed by atoms with Crippen LogP contribution in [0.4, 0.5) is 0 Å². The van der Waals surface area contributed by atoms with Crippen molar-refractivity contribution in [2.75, 3.05) is 0 Å². The third-order valence-electron chi connectivity index (χ3n) is 10.5. The maximum atomic E-state index is 12.2. The minimum absolute atomic E-state index is 0. The number of benzene rings is 4. The van der Waals surface area contributed by atoms with Gasteiger partial charge in [0.15, 0.2) is 5.78 Å². The van der Waals surface area contributed by atoms with Gasteiger partial charge in [0.25, 0.3) is 0 Å². The van der Waals surface area contributed by atoms with E-state index in [1.807, 2.05) is 65.9 Å². The average molecular weight is 816 g/mol. The van der Waals surface area contributed by atoms with Gasteiger partial charge in [0.05, 0.1) is 5.52 Å². The number of hydrogen-bond donors (Lipinski definition) is 1. The molecule has 0 aliphatic heterocycles. The van der Waals surface area contributed by atoms with Crippen LogP contribution in [0, 0.1) is 16.9 Å². The summed E-state index contributed by atoms with van der Waals surface area (Å²) in [4.78, 5) is 17.0. The van der Waals surface area contributed by atoms with Crippen LogP contribution in [0.5, 0.6) is 0 Å². The first kappa shape index (κ1) is 35.1. The smallest absolute Gasteiger partial charge is 0.164 e. The van der Waals surface area contributed by atoms with E-state index in [2.05, 4.69) is 77.4 Å². The summed E-state index contributed by atoms with van der Waals surface area (Å²) in [6, 6.07) is 32.9. The Morgan fingerprint density at radius 2 is 1.46 bits per heavy atom. The van der Waals surface area contributed by atoms with Gasteiger partial charge in [-0.2, -0.15) is 0 Å². The van der Waals surface area contributed by atoms with Crippen LogP contribution < -0.4 is 0 Å². The number of furan rings is 1. The number of nitrogens with zero attached hydrogens (tertiary/aromatic N) is 2. The summed E-state index contributed by atoms with van der Waals surface area (Å²) in [7, 11) is 0. The quantitative estimate of drug-likeness (QED) is 0.0942. The molecule has 1 radical (unpaired) electrons. The molecule has 0 saturated heterocycles. The van der Waals surface area contributed by atoms with E-state index in [1.54, 1.807) is 0 Å². The molecule has 0 spiro atoms. The van der Waals surface area contributed by atoms with E-state index >= 15 is 0 Å². The molecule has 5 nitrogen and oxygen atoms in total. The number of carbonyl (C=O) groups is 1. The molecule has 4 aromatic carbocycles. The van der Waals surface area contributed by atoms with Crippen LogP contribution in [0.2, 0.25) is 0 Å². The third kappa shape index (κ3) is 6.08. The summed E-state index contributed by atoms with van der Waals surface area (Å²) < 4.78 is 8.52. The molecule has 0 unspecified atom stereocenters. The van der Waals surface area contributed by atoms with Crippen molar-refractivity contribution in [2.24, 2.45) is 10.8 Å². The Balaban J connectivity index is 0.000000218. The van der Waals surface area contributed by atoms with Crippen molar-refractivity contribution >= 4 is 60.4 Å².